The van der Waals surface area contributed by atoms with Gasteiger partial charge in [-0.25, -0.2) is 0 Å². The fraction of sp³-hybridized carbons (Fsp3) is 0.462. The fourth-order valence-corrected chi connectivity index (χ4v) is 2.03. The highest BCUT2D eigenvalue weighted by Gasteiger charge is 2.34. The maximum absolute atomic E-state index is 11.6. The van der Waals surface area contributed by atoms with E-state index in [1.54, 1.807) is 12.1 Å². The topological polar surface area (TPSA) is 78.8 Å². The monoisotopic (exact) mass is 251 g/mol. The standard InChI is InChI=1S/C13H17NO4/c15-11-7-6-10(13(11)17)14-12(16)8-18-9-4-2-1-3-5-9/h1-5,10-11,13,15,17H,6-8H2,(H,14,16)/t10-,11-,13-/m1/s1. The summed E-state index contributed by atoms with van der Waals surface area (Å²) in [6.45, 7) is -0.0939. The van der Waals surface area contributed by atoms with E-state index < -0.39 is 12.2 Å². The number of benzene rings is 1. The summed E-state index contributed by atoms with van der Waals surface area (Å²) in [5.74, 6) is 0.330. The molecule has 5 nitrogen and oxygen atoms in total. The highest BCUT2D eigenvalue weighted by molar-refractivity contribution is 5.78. The first-order valence-corrected chi connectivity index (χ1v) is 6.00. The van der Waals surface area contributed by atoms with Gasteiger partial charge in [0.2, 0.25) is 0 Å². The van der Waals surface area contributed by atoms with Gasteiger partial charge in [-0.1, -0.05) is 18.2 Å². The summed E-state index contributed by atoms with van der Waals surface area (Å²) in [6, 6.07) is 8.66. The minimum Gasteiger partial charge on any atom is -0.484 e. The van der Waals surface area contributed by atoms with E-state index in [2.05, 4.69) is 5.32 Å². The van der Waals surface area contributed by atoms with Crippen LogP contribution >= 0.6 is 0 Å². The first-order chi connectivity index (χ1) is 8.66. The van der Waals surface area contributed by atoms with Crippen molar-refractivity contribution in [3.05, 3.63) is 30.3 Å². The number of hydrogen-bond donors (Lipinski definition) is 3. The number of ether oxygens (including phenoxy) is 1. The Kier molecular flexibility index (Phi) is 4.17. The number of hydrogen-bond acceptors (Lipinski definition) is 4. The van der Waals surface area contributed by atoms with Gasteiger partial charge in [-0.15, -0.1) is 0 Å². The molecule has 1 fully saturated rings. The normalized spacial score (nSPS) is 26.9. The molecule has 3 N–H and O–H groups in total. The Morgan fingerprint density at radius 3 is 2.61 bits per heavy atom. The lowest BCUT2D eigenvalue weighted by Crippen LogP contribution is -2.44. The molecule has 0 bridgehead atoms. The molecule has 1 aliphatic rings. The van der Waals surface area contributed by atoms with Crippen LogP contribution in [0.25, 0.3) is 0 Å². The second-order valence-electron chi connectivity index (χ2n) is 4.41. The molecule has 5 heteroatoms. The van der Waals surface area contributed by atoms with Gasteiger partial charge in [0.1, 0.15) is 5.75 Å². The van der Waals surface area contributed by atoms with Gasteiger partial charge in [-0.3, -0.25) is 4.79 Å². The largest absolute Gasteiger partial charge is 0.484 e. The predicted molar refractivity (Wildman–Crippen MR) is 65.1 cm³/mol. The first kappa shape index (κ1) is 12.9. The third kappa shape index (κ3) is 3.21. The van der Waals surface area contributed by atoms with Crippen LogP contribution in [0.4, 0.5) is 0 Å². The van der Waals surface area contributed by atoms with Crippen molar-refractivity contribution < 1.29 is 19.7 Å². The highest BCUT2D eigenvalue weighted by atomic mass is 16.5. The molecule has 0 aromatic heterocycles. The van der Waals surface area contributed by atoms with Crippen LogP contribution in [-0.2, 0) is 4.79 Å². The molecule has 0 saturated heterocycles. The lowest BCUT2D eigenvalue weighted by molar-refractivity contribution is -0.124. The summed E-state index contributed by atoms with van der Waals surface area (Å²) in [7, 11) is 0. The van der Waals surface area contributed by atoms with Crippen LogP contribution in [0.5, 0.6) is 5.75 Å². The van der Waals surface area contributed by atoms with E-state index in [1.165, 1.54) is 0 Å². The van der Waals surface area contributed by atoms with Crippen molar-refractivity contribution in [2.75, 3.05) is 6.61 Å². The van der Waals surface area contributed by atoms with E-state index in [-0.39, 0.29) is 18.6 Å². The molecular weight excluding hydrogens is 234 g/mol. The van der Waals surface area contributed by atoms with Gasteiger partial charge < -0.3 is 20.3 Å². The Morgan fingerprint density at radius 2 is 2.00 bits per heavy atom. The van der Waals surface area contributed by atoms with Gasteiger partial charge in [-0.2, -0.15) is 0 Å². The molecule has 98 valence electrons. The number of carbonyl (C=O) groups is 1. The summed E-state index contributed by atoms with van der Waals surface area (Å²) >= 11 is 0. The van der Waals surface area contributed by atoms with Gasteiger partial charge in [-0.05, 0) is 25.0 Å². The molecular formula is C13H17NO4. The van der Waals surface area contributed by atoms with E-state index in [9.17, 15) is 15.0 Å². The van der Waals surface area contributed by atoms with Crippen LogP contribution in [-0.4, -0.2) is 41.0 Å². The average molecular weight is 251 g/mol. The zero-order valence-corrected chi connectivity index (χ0v) is 9.95. The predicted octanol–water partition coefficient (Wildman–Crippen LogP) is 0.0658. The van der Waals surface area contributed by atoms with Crippen LogP contribution in [0.15, 0.2) is 30.3 Å². The molecule has 0 heterocycles. The van der Waals surface area contributed by atoms with E-state index in [1.807, 2.05) is 18.2 Å². The lowest BCUT2D eigenvalue weighted by atomic mass is 10.2. The Labute approximate surface area is 105 Å². The third-order valence-electron chi connectivity index (χ3n) is 3.04. The summed E-state index contributed by atoms with van der Waals surface area (Å²) in [5.41, 5.74) is 0. The van der Waals surface area contributed by atoms with E-state index in [4.69, 9.17) is 4.74 Å². The summed E-state index contributed by atoms with van der Waals surface area (Å²) < 4.78 is 5.28. The van der Waals surface area contributed by atoms with E-state index >= 15 is 0 Å². The Bertz CT molecular complexity index is 395. The number of para-hydroxylation sites is 1. The number of aliphatic hydroxyl groups excluding tert-OH is 2. The van der Waals surface area contributed by atoms with Gasteiger partial charge in [0.15, 0.2) is 6.61 Å². The number of nitrogens with one attached hydrogen (secondary N) is 1. The molecule has 0 radical (unpaired) electrons. The maximum atomic E-state index is 11.6. The van der Waals surface area contributed by atoms with Crippen molar-refractivity contribution in [2.24, 2.45) is 0 Å². The second-order valence-corrected chi connectivity index (χ2v) is 4.41. The summed E-state index contributed by atoms with van der Waals surface area (Å²) in [5, 5.41) is 21.6. The molecule has 1 aliphatic carbocycles. The summed E-state index contributed by atoms with van der Waals surface area (Å²) in [6.07, 6.45) is -0.540. The van der Waals surface area contributed by atoms with Gasteiger partial charge in [0.25, 0.3) is 5.91 Å². The first-order valence-electron chi connectivity index (χ1n) is 6.00. The summed E-state index contributed by atoms with van der Waals surface area (Å²) in [4.78, 5) is 11.6. The molecule has 1 aromatic rings. The molecule has 3 atom stereocenters. The SMILES string of the molecule is O=C(COc1ccccc1)N[C@@H]1CC[C@@H](O)[C@@H]1O. The van der Waals surface area contributed by atoms with Crippen molar-refractivity contribution >= 4 is 5.91 Å². The van der Waals surface area contributed by atoms with Crippen molar-refractivity contribution in [3.8, 4) is 5.75 Å². The van der Waals surface area contributed by atoms with Gasteiger partial charge in [0, 0.05) is 0 Å². The second kappa shape index (κ2) is 5.84. The van der Waals surface area contributed by atoms with Crippen LogP contribution in [0, 0.1) is 0 Å². The van der Waals surface area contributed by atoms with Crippen molar-refractivity contribution in [1.29, 1.82) is 0 Å². The van der Waals surface area contributed by atoms with Crippen LogP contribution in [0.1, 0.15) is 12.8 Å². The number of rotatable bonds is 4. The molecule has 18 heavy (non-hydrogen) atoms. The van der Waals surface area contributed by atoms with Crippen LogP contribution < -0.4 is 10.1 Å². The van der Waals surface area contributed by atoms with Gasteiger partial charge >= 0.3 is 0 Å². The molecule has 1 saturated carbocycles. The highest BCUT2D eigenvalue weighted by Crippen LogP contribution is 2.19. The molecule has 1 aromatic carbocycles. The molecule has 1 amide bonds. The quantitative estimate of drug-likeness (QED) is 0.707. The fourth-order valence-electron chi connectivity index (χ4n) is 2.03. The third-order valence-corrected chi connectivity index (χ3v) is 3.04. The molecule has 0 spiro atoms. The maximum Gasteiger partial charge on any atom is 0.258 e. The van der Waals surface area contributed by atoms with Crippen molar-refractivity contribution in [1.82, 2.24) is 5.32 Å². The minimum absolute atomic E-state index is 0.0939. The molecule has 2 rings (SSSR count). The number of aliphatic hydroxyl groups is 2. The Balaban J connectivity index is 1.76. The van der Waals surface area contributed by atoms with Gasteiger partial charge in [0.05, 0.1) is 18.2 Å². The van der Waals surface area contributed by atoms with Crippen molar-refractivity contribution in [2.45, 2.75) is 31.1 Å². The number of carbonyl (C=O) groups excluding carboxylic acids is 1. The Hall–Kier alpha value is -1.59. The minimum atomic E-state index is -0.884. The lowest BCUT2D eigenvalue weighted by Gasteiger charge is -2.18. The average Bonchev–Trinajstić information content (AvgIpc) is 2.70. The van der Waals surface area contributed by atoms with Crippen molar-refractivity contribution in [3.63, 3.8) is 0 Å². The van der Waals surface area contributed by atoms with E-state index in [0.29, 0.717) is 18.6 Å². The van der Waals surface area contributed by atoms with Crippen LogP contribution in [0.2, 0.25) is 0 Å². The van der Waals surface area contributed by atoms with Crippen LogP contribution in [0.3, 0.4) is 0 Å². The number of amides is 1. The Morgan fingerprint density at radius 1 is 1.28 bits per heavy atom. The molecule has 0 unspecified atom stereocenters. The smallest absolute Gasteiger partial charge is 0.258 e. The molecule has 0 aliphatic heterocycles. The van der Waals surface area contributed by atoms with E-state index in [0.717, 1.165) is 0 Å². The zero-order valence-electron chi connectivity index (χ0n) is 9.95. The zero-order chi connectivity index (χ0) is 13.0.